The normalized spacial score (nSPS) is 22.0. The Bertz CT molecular complexity index is 838. The fourth-order valence-electron chi connectivity index (χ4n) is 3.35. The van der Waals surface area contributed by atoms with Crippen molar-refractivity contribution in [1.82, 2.24) is 5.32 Å². The summed E-state index contributed by atoms with van der Waals surface area (Å²) < 4.78 is 39.0. The predicted molar refractivity (Wildman–Crippen MR) is 79.9 cm³/mol. The van der Waals surface area contributed by atoms with Gasteiger partial charge in [0.15, 0.2) is 0 Å². The number of nitrogens with one attached hydrogen (secondary N) is 1. The van der Waals surface area contributed by atoms with Gasteiger partial charge >= 0.3 is 6.18 Å². The van der Waals surface area contributed by atoms with Crippen LogP contribution in [0.2, 0.25) is 0 Å². The number of amides is 1. The smallest absolute Gasteiger partial charge is 0.344 e. The minimum absolute atomic E-state index is 0.292. The largest absolute Gasteiger partial charge is 0.416 e. The monoisotopic (exact) mass is 315 g/mol. The summed E-state index contributed by atoms with van der Waals surface area (Å²) in [5, 5.41) is 2.92. The van der Waals surface area contributed by atoms with Gasteiger partial charge in [-0.25, -0.2) is 0 Å². The summed E-state index contributed by atoms with van der Waals surface area (Å²) in [6.45, 7) is 0. The molecule has 23 heavy (non-hydrogen) atoms. The number of hydrogen-bond acceptors (Lipinski definition) is 1. The molecule has 0 aromatic heterocycles. The number of hydrogen-bond donors (Lipinski definition) is 1. The molecule has 116 valence electrons. The number of carbonyl (C=O) groups excluding carboxylic acids is 1. The number of fused-ring (bicyclic) bond motifs is 5. The van der Waals surface area contributed by atoms with Crippen LogP contribution in [0.5, 0.6) is 0 Å². The summed E-state index contributed by atoms with van der Waals surface area (Å²) in [6, 6.07) is 10.6. The first kappa shape index (κ1) is 14.1. The maximum Gasteiger partial charge on any atom is 0.416 e. The highest BCUT2D eigenvalue weighted by molar-refractivity contribution is 5.98. The fraction of sp³-hybridized carbons (Fsp3) is 0.167. The molecule has 0 spiro atoms. The van der Waals surface area contributed by atoms with E-state index in [1.807, 2.05) is 36.4 Å². The summed E-state index contributed by atoms with van der Waals surface area (Å²) in [7, 11) is 0. The van der Waals surface area contributed by atoms with Gasteiger partial charge < -0.3 is 5.32 Å². The van der Waals surface area contributed by atoms with Crippen LogP contribution in [0.3, 0.4) is 0 Å². The predicted octanol–water partition coefficient (Wildman–Crippen LogP) is 4.30. The Kier molecular flexibility index (Phi) is 2.88. The number of benzene rings is 2. The van der Waals surface area contributed by atoms with E-state index >= 15 is 0 Å². The van der Waals surface area contributed by atoms with Gasteiger partial charge in [0.25, 0.3) is 5.91 Å². The molecule has 2 atom stereocenters. The van der Waals surface area contributed by atoms with Crippen molar-refractivity contribution in [1.29, 1.82) is 0 Å². The van der Waals surface area contributed by atoms with E-state index in [4.69, 9.17) is 0 Å². The van der Waals surface area contributed by atoms with Crippen LogP contribution in [0.4, 0.5) is 13.2 Å². The molecule has 2 aliphatic rings. The Morgan fingerprint density at radius 3 is 2.57 bits per heavy atom. The lowest BCUT2D eigenvalue weighted by atomic mass is 9.76. The maximum absolute atomic E-state index is 13.0. The lowest BCUT2D eigenvalue weighted by molar-refractivity contribution is -0.137. The van der Waals surface area contributed by atoms with Crippen LogP contribution < -0.4 is 5.32 Å². The standard InChI is InChI=1S/C18H12F3NO/c19-18(20,21)11-6-8-14-15(9-11)13-7-5-10-3-1-2-4-12(10)16(13)22-17(14)23/h1-9,13,16H,(H,22,23)/t13-,16-/m1/s1. The van der Waals surface area contributed by atoms with Crippen LogP contribution in [0, 0.1) is 0 Å². The van der Waals surface area contributed by atoms with Gasteiger partial charge in [-0.15, -0.1) is 0 Å². The van der Waals surface area contributed by atoms with E-state index in [0.717, 1.165) is 23.3 Å². The Balaban J connectivity index is 1.88. The van der Waals surface area contributed by atoms with Gasteiger partial charge in [-0.2, -0.15) is 13.2 Å². The molecule has 2 nitrogen and oxygen atoms in total. The van der Waals surface area contributed by atoms with Gasteiger partial charge in [0.2, 0.25) is 0 Å². The van der Waals surface area contributed by atoms with Crippen LogP contribution in [0.1, 0.15) is 44.6 Å². The summed E-state index contributed by atoms with van der Waals surface area (Å²) in [5.74, 6) is -0.625. The van der Waals surface area contributed by atoms with Gasteiger partial charge in [-0.3, -0.25) is 4.79 Å². The highest BCUT2D eigenvalue weighted by Crippen LogP contribution is 2.44. The van der Waals surface area contributed by atoms with E-state index in [0.29, 0.717) is 11.1 Å². The molecular weight excluding hydrogens is 303 g/mol. The number of rotatable bonds is 0. The molecule has 1 N–H and O–H groups in total. The van der Waals surface area contributed by atoms with Crippen molar-refractivity contribution in [3.8, 4) is 0 Å². The molecule has 1 aliphatic carbocycles. The molecule has 2 aromatic rings. The molecule has 1 heterocycles. The van der Waals surface area contributed by atoms with E-state index in [2.05, 4.69) is 5.32 Å². The van der Waals surface area contributed by atoms with Gasteiger partial charge in [-0.1, -0.05) is 36.4 Å². The van der Waals surface area contributed by atoms with Crippen LogP contribution in [0.25, 0.3) is 6.08 Å². The van der Waals surface area contributed by atoms with Gasteiger partial charge in [0.1, 0.15) is 0 Å². The van der Waals surface area contributed by atoms with Gasteiger partial charge in [0, 0.05) is 11.5 Å². The van der Waals surface area contributed by atoms with Crippen molar-refractivity contribution in [2.75, 3.05) is 0 Å². The molecule has 0 saturated heterocycles. The molecule has 5 heteroatoms. The molecule has 0 fully saturated rings. The fourth-order valence-corrected chi connectivity index (χ4v) is 3.35. The Morgan fingerprint density at radius 1 is 1.00 bits per heavy atom. The Labute approximate surface area is 130 Å². The highest BCUT2D eigenvalue weighted by atomic mass is 19.4. The molecule has 1 amide bonds. The second kappa shape index (κ2) is 4.72. The van der Waals surface area contributed by atoms with Crippen molar-refractivity contribution in [3.05, 3.63) is 76.4 Å². The van der Waals surface area contributed by atoms with E-state index < -0.39 is 11.7 Å². The SMILES string of the molecule is O=C1N[C@@H]2c3ccccc3C=C[C@@H]2c2cc(C(F)(F)F)ccc21. The summed E-state index contributed by atoms with van der Waals surface area (Å²) in [6.07, 6.45) is -0.655. The minimum atomic E-state index is -4.42. The number of halogens is 3. The molecule has 0 bridgehead atoms. The van der Waals surface area contributed by atoms with Gasteiger partial charge in [0.05, 0.1) is 11.6 Å². The molecule has 0 radical (unpaired) electrons. The Morgan fingerprint density at radius 2 is 1.78 bits per heavy atom. The molecule has 4 rings (SSSR count). The third kappa shape index (κ3) is 2.15. The van der Waals surface area contributed by atoms with Crippen LogP contribution >= 0.6 is 0 Å². The van der Waals surface area contributed by atoms with Crippen molar-refractivity contribution >= 4 is 12.0 Å². The lowest BCUT2D eigenvalue weighted by Gasteiger charge is -2.36. The second-order valence-corrected chi connectivity index (χ2v) is 5.76. The van der Waals surface area contributed by atoms with Crippen molar-refractivity contribution < 1.29 is 18.0 Å². The number of alkyl halides is 3. The van der Waals surface area contributed by atoms with Gasteiger partial charge in [-0.05, 0) is 34.9 Å². The van der Waals surface area contributed by atoms with E-state index in [-0.39, 0.29) is 17.9 Å². The Hall–Kier alpha value is -2.56. The lowest BCUT2D eigenvalue weighted by Crippen LogP contribution is -2.39. The average Bonchev–Trinajstić information content (AvgIpc) is 2.53. The third-order valence-corrected chi connectivity index (χ3v) is 4.44. The molecule has 1 aliphatic heterocycles. The first-order valence-electron chi connectivity index (χ1n) is 7.24. The topological polar surface area (TPSA) is 29.1 Å². The zero-order valence-electron chi connectivity index (χ0n) is 11.9. The van der Waals surface area contributed by atoms with Crippen LogP contribution in [-0.4, -0.2) is 5.91 Å². The molecule has 2 aromatic carbocycles. The van der Waals surface area contributed by atoms with Crippen molar-refractivity contribution in [2.45, 2.75) is 18.1 Å². The van der Waals surface area contributed by atoms with E-state index in [1.165, 1.54) is 6.07 Å². The van der Waals surface area contributed by atoms with E-state index in [9.17, 15) is 18.0 Å². The maximum atomic E-state index is 13.0. The first-order chi connectivity index (χ1) is 10.9. The molecule has 0 saturated carbocycles. The average molecular weight is 315 g/mol. The minimum Gasteiger partial charge on any atom is -0.344 e. The van der Waals surface area contributed by atoms with Crippen LogP contribution in [0.15, 0.2) is 48.5 Å². The summed E-state index contributed by atoms with van der Waals surface area (Å²) in [4.78, 5) is 12.3. The summed E-state index contributed by atoms with van der Waals surface area (Å²) >= 11 is 0. The first-order valence-corrected chi connectivity index (χ1v) is 7.24. The van der Waals surface area contributed by atoms with E-state index in [1.54, 1.807) is 0 Å². The van der Waals surface area contributed by atoms with Crippen LogP contribution in [-0.2, 0) is 6.18 Å². The molecule has 0 unspecified atom stereocenters. The third-order valence-electron chi connectivity index (χ3n) is 4.44. The molecular formula is C18H12F3NO. The zero-order valence-corrected chi connectivity index (χ0v) is 11.9. The summed E-state index contributed by atoms with van der Waals surface area (Å²) in [5.41, 5.74) is 1.92. The highest BCUT2D eigenvalue weighted by Gasteiger charge is 2.38. The zero-order chi connectivity index (χ0) is 16.2. The van der Waals surface area contributed by atoms with Crippen molar-refractivity contribution in [2.24, 2.45) is 0 Å². The quantitative estimate of drug-likeness (QED) is 0.771. The number of carbonyl (C=O) groups is 1. The second-order valence-electron chi connectivity index (χ2n) is 5.76. The van der Waals surface area contributed by atoms with Crippen molar-refractivity contribution in [3.63, 3.8) is 0 Å².